The van der Waals surface area contributed by atoms with E-state index in [1.165, 1.54) is 6.42 Å². The first-order valence-corrected chi connectivity index (χ1v) is 7.72. The van der Waals surface area contributed by atoms with Crippen LogP contribution in [0.15, 0.2) is 0 Å². The number of amides is 2. The van der Waals surface area contributed by atoms with E-state index in [9.17, 15) is 9.59 Å². The Kier molecular flexibility index (Phi) is 4.55. The number of carbonyl (C=O) groups is 2. The number of urea groups is 1. The Morgan fingerprint density at radius 3 is 2.05 bits per heavy atom. The van der Waals surface area contributed by atoms with Crippen LogP contribution in [0, 0.1) is 11.3 Å². The summed E-state index contributed by atoms with van der Waals surface area (Å²) in [5.41, 5.74) is 0.382. The van der Waals surface area contributed by atoms with Crippen molar-refractivity contribution in [1.82, 2.24) is 9.80 Å². The number of nitrogens with zero attached hydrogens (tertiary/aromatic N) is 2. The first-order chi connectivity index (χ1) is 9.45. The van der Waals surface area contributed by atoms with E-state index in [2.05, 4.69) is 13.8 Å². The van der Waals surface area contributed by atoms with Gasteiger partial charge in [-0.2, -0.15) is 0 Å². The van der Waals surface area contributed by atoms with Crippen molar-refractivity contribution in [3.05, 3.63) is 0 Å². The third-order valence-electron chi connectivity index (χ3n) is 5.21. The molecule has 0 aromatic heterocycles. The fourth-order valence-corrected chi connectivity index (χ4v) is 3.11. The Morgan fingerprint density at radius 2 is 1.60 bits per heavy atom. The van der Waals surface area contributed by atoms with Crippen LogP contribution in [0.2, 0.25) is 0 Å². The molecular formula is C15H26N2O3. The van der Waals surface area contributed by atoms with Gasteiger partial charge in [-0.1, -0.05) is 20.3 Å². The molecule has 2 fully saturated rings. The maximum absolute atomic E-state index is 12.4. The molecule has 2 rings (SSSR count). The lowest BCUT2D eigenvalue weighted by molar-refractivity contribution is -0.143. The molecule has 0 aliphatic carbocycles. The molecule has 0 spiro atoms. The summed E-state index contributed by atoms with van der Waals surface area (Å²) in [7, 11) is 0. The Morgan fingerprint density at radius 1 is 1.10 bits per heavy atom. The van der Waals surface area contributed by atoms with Crippen LogP contribution >= 0.6 is 0 Å². The van der Waals surface area contributed by atoms with E-state index >= 15 is 0 Å². The van der Waals surface area contributed by atoms with Crippen molar-refractivity contribution in [2.75, 3.05) is 26.2 Å². The maximum Gasteiger partial charge on any atom is 0.319 e. The van der Waals surface area contributed by atoms with Gasteiger partial charge in [-0.3, -0.25) is 4.79 Å². The molecule has 0 unspecified atom stereocenters. The largest absolute Gasteiger partial charge is 0.481 e. The zero-order valence-corrected chi connectivity index (χ0v) is 12.6. The summed E-state index contributed by atoms with van der Waals surface area (Å²) >= 11 is 0. The second-order valence-corrected chi connectivity index (χ2v) is 6.53. The van der Waals surface area contributed by atoms with Gasteiger partial charge in [0.05, 0.1) is 5.92 Å². The Labute approximate surface area is 120 Å². The predicted octanol–water partition coefficient (Wildman–Crippen LogP) is 2.42. The van der Waals surface area contributed by atoms with Crippen molar-refractivity contribution in [1.29, 1.82) is 0 Å². The van der Waals surface area contributed by atoms with Crippen LogP contribution in [-0.2, 0) is 4.79 Å². The molecule has 1 N–H and O–H groups in total. The molecule has 2 saturated heterocycles. The van der Waals surface area contributed by atoms with E-state index in [1.807, 2.05) is 9.80 Å². The first kappa shape index (κ1) is 15.1. The van der Waals surface area contributed by atoms with Gasteiger partial charge >= 0.3 is 12.0 Å². The number of piperidine rings is 2. The zero-order chi connectivity index (χ0) is 14.8. The minimum Gasteiger partial charge on any atom is -0.481 e. The average Bonchev–Trinajstić information content (AvgIpc) is 2.47. The predicted molar refractivity (Wildman–Crippen MR) is 76.5 cm³/mol. The molecule has 2 amide bonds. The van der Waals surface area contributed by atoms with Crippen molar-refractivity contribution >= 4 is 12.0 Å². The van der Waals surface area contributed by atoms with E-state index in [0.29, 0.717) is 31.3 Å². The van der Waals surface area contributed by atoms with Gasteiger partial charge < -0.3 is 14.9 Å². The van der Waals surface area contributed by atoms with Crippen LogP contribution in [0.25, 0.3) is 0 Å². The second kappa shape index (κ2) is 6.02. The van der Waals surface area contributed by atoms with E-state index in [1.54, 1.807) is 0 Å². The van der Waals surface area contributed by atoms with Gasteiger partial charge in [0.2, 0.25) is 0 Å². The van der Waals surface area contributed by atoms with Gasteiger partial charge in [0.1, 0.15) is 0 Å². The standard InChI is InChI=1S/C15H26N2O3/c1-3-15(2)6-10-17(11-7-15)14(20)16-8-4-12(5-9-16)13(18)19/h12H,3-11H2,1-2H3,(H,18,19). The van der Waals surface area contributed by atoms with Gasteiger partial charge in [0.25, 0.3) is 0 Å². The summed E-state index contributed by atoms with van der Waals surface area (Å²) in [6.07, 6.45) is 4.48. The quantitative estimate of drug-likeness (QED) is 0.846. The molecule has 114 valence electrons. The molecule has 2 heterocycles. The van der Waals surface area contributed by atoms with E-state index in [0.717, 1.165) is 25.9 Å². The summed E-state index contributed by atoms with van der Waals surface area (Å²) in [5, 5.41) is 8.98. The highest BCUT2D eigenvalue weighted by atomic mass is 16.4. The van der Waals surface area contributed by atoms with Gasteiger partial charge in [-0.15, -0.1) is 0 Å². The third-order valence-corrected chi connectivity index (χ3v) is 5.21. The molecular weight excluding hydrogens is 256 g/mol. The molecule has 2 aliphatic rings. The van der Waals surface area contributed by atoms with Crippen molar-refractivity contribution in [3.63, 3.8) is 0 Å². The summed E-state index contributed by atoms with van der Waals surface area (Å²) in [6.45, 7) is 7.35. The highest BCUT2D eigenvalue weighted by Gasteiger charge is 2.34. The Balaban J connectivity index is 1.83. The van der Waals surface area contributed by atoms with Gasteiger partial charge in [0, 0.05) is 26.2 Å². The number of hydrogen-bond donors (Lipinski definition) is 1. The van der Waals surface area contributed by atoms with Crippen LogP contribution in [0.4, 0.5) is 4.79 Å². The molecule has 0 atom stereocenters. The van der Waals surface area contributed by atoms with Crippen molar-refractivity contribution in [2.24, 2.45) is 11.3 Å². The molecule has 5 nitrogen and oxygen atoms in total. The topological polar surface area (TPSA) is 60.9 Å². The molecule has 0 saturated carbocycles. The molecule has 0 aromatic rings. The van der Waals surface area contributed by atoms with Crippen LogP contribution in [0.1, 0.15) is 46.0 Å². The number of carbonyl (C=O) groups excluding carboxylic acids is 1. The lowest BCUT2D eigenvalue weighted by atomic mass is 9.78. The Hall–Kier alpha value is -1.26. The SMILES string of the molecule is CCC1(C)CCN(C(=O)N2CCC(C(=O)O)CC2)CC1. The summed E-state index contributed by atoms with van der Waals surface area (Å²) in [6, 6.07) is 0.104. The van der Waals surface area contributed by atoms with Gasteiger partial charge in [-0.25, -0.2) is 4.79 Å². The zero-order valence-electron chi connectivity index (χ0n) is 12.6. The molecule has 2 aliphatic heterocycles. The number of carboxylic acids is 1. The number of hydrogen-bond acceptors (Lipinski definition) is 2. The highest BCUT2D eigenvalue weighted by Crippen LogP contribution is 2.34. The van der Waals surface area contributed by atoms with Crippen LogP contribution in [0.3, 0.4) is 0 Å². The monoisotopic (exact) mass is 282 g/mol. The van der Waals surface area contributed by atoms with Crippen LogP contribution in [0.5, 0.6) is 0 Å². The number of rotatable bonds is 2. The third kappa shape index (κ3) is 3.25. The normalized spacial score (nSPS) is 23.7. The van der Waals surface area contributed by atoms with Crippen molar-refractivity contribution in [2.45, 2.75) is 46.0 Å². The Bertz CT molecular complexity index is 367. The van der Waals surface area contributed by atoms with E-state index < -0.39 is 5.97 Å². The smallest absolute Gasteiger partial charge is 0.319 e. The van der Waals surface area contributed by atoms with Crippen molar-refractivity contribution < 1.29 is 14.7 Å². The van der Waals surface area contributed by atoms with E-state index in [4.69, 9.17) is 5.11 Å². The van der Waals surface area contributed by atoms with E-state index in [-0.39, 0.29) is 11.9 Å². The fraction of sp³-hybridized carbons (Fsp3) is 0.867. The molecule has 0 bridgehead atoms. The lowest BCUT2D eigenvalue weighted by Crippen LogP contribution is -2.50. The maximum atomic E-state index is 12.4. The lowest BCUT2D eigenvalue weighted by Gasteiger charge is -2.41. The average molecular weight is 282 g/mol. The van der Waals surface area contributed by atoms with Crippen molar-refractivity contribution in [3.8, 4) is 0 Å². The number of carboxylic acid groups (broad SMARTS) is 1. The number of aliphatic carboxylic acids is 1. The molecule has 20 heavy (non-hydrogen) atoms. The minimum atomic E-state index is -0.728. The van der Waals surface area contributed by atoms with Crippen LogP contribution in [-0.4, -0.2) is 53.1 Å². The number of likely N-dealkylation sites (tertiary alicyclic amines) is 2. The minimum absolute atomic E-state index is 0.104. The van der Waals surface area contributed by atoms with Crippen LogP contribution < -0.4 is 0 Å². The summed E-state index contributed by atoms with van der Waals surface area (Å²) in [5.74, 6) is -1.00. The molecule has 0 radical (unpaired) electrons. The summed E-state index contributed by atoms with van der Waals surface area (Å²) in [4.78, 5) is 27.1. The molecule has 0 aromatic carbocycles. The highest BCUT2D eigenvalue weighted by molar-refractivity contribution is 5.75. The second-order valence-electron chi connectivity index (χ2n) is 6.53. The van der Waals surface area contributed by atoms with Gasteiger partial charge in [0.15, 0.2) is 0 Å². The first-order valence-electron chi connectivity index (χ1n) is 7.72. The summed E-state index contributed by atoms with van der Waals surface area (Å²) < 4.78 is 0. The molecule has 5 heteroatoms. The van der Waals surface area contributed by atoms with Gasteiger partial charge in [-0.05, 0) is 31.1 Å². The fourth-order valence-electron chi connectivity index (χ4n) is 3.11.